The van der Waals surface area contributed by atoms with Crippen molar-refractivity contribution in [3.05, 3.63) is 29.8 Å². The number of rotatable bonds is 5. The van der Waals surface area contributed by atoms with Crippen LogP contribution in [0.5, 0.6) is 11.5 Å². The maximum absolute atomic E-state index is 6.32. The Bertz CT molecular complexity index is 641. The Hall–Kier alpha value is -1.52. The third kappa shape index (κ3) is 4.07. The van der Waals surface area contributed by atoms with Crippen LogP contribution in [0.2, 0.25) is 0 Å². The van der Waals surface area contributed by atoms with Crippen LogP contribution in [0.1, 0.15) is 44.1 Å². The van der Waals surface area contributed by atoms with Crippen LogP contribution in [0.4, 0.5) is 0 Å². The highest BCUT2D eigenvalue weighted by atomic mass is 16.5. The lowest BCUT2D eigenvalue weighted by Gasteiger charge is -2.44. The second-order valence-corrected chi connectivity index (χ2v) is 7.89. The highest BCUT2D eigenvalue weighted by Crippen LogP contribution is 2.33. The lowest BCUT2D eigenvalue weighted by atomic mass is 9.84. The van der Waals surface area contributed by atoms with Crippen molar-refractivity contribution in [3.63, 3.8) is 0 Å². The molecule has 0 radical (unpaired) electrons. The summed E-state index contributed by atoms with van der Waals surface area (Å²) in [5, 5.41) is 3.38. The Kier molecular flexibility index (Phi) is 5.81. The van der Waals surface area contributed by atoms with E-state index in [0.717, 1.165) is 43.7 Å². The summed E-state index contributed by atoms with van der Waals surface area (Å²) in [5.41, 5.74) is 2.63. The van der Waals surface area contributed by atoms with Crippen LogP contribution in [-0.4, -0.2) is 50.8 Å². The summed E-state index contributed by atoms with van der Waals surface area (Å²) in [6.07, 6.45) is 10.0. The van der Waals surface area contributed by atoms with Crippen LogP contribution in [0.15, 0.2) is 24.3 Å². The second kappa shape index (κ2) is 8.45. The molecule has 2 atom stereocenters. The van der Waals surface area contributed by atoms with Gasteiger partial charge in [-0.2, -0.15) is 0 Å². The topological polar surface area (TPSA) is 33.7 Å². The van der Waals surface area contributed by atoms with Gasteiger partial charge < -0.3 is 14.8 Å². The summed E-state index contributed by atoms with van der Waals surface area (Å²) >= 11 is 0. The van der Waals surface area contributed by atoms with E-state index in [9.17, 15) is 0 Å². The van der Waals surface area contributed by atoms with Gasteiger partial charge in [-0.25, -0.2) is 0 Å². The van der Waals surface area contributed by atoms with Crippen molar-refractivity contribution < 1.29 is 9.47 Å². The second-order valence-electron chi connectivity index (χ2n) is 7.89. The van der Waals surface area contributed by atoms with E-state index in [4.69, 9.17) is 9.47 Å². The first kappa shape index (κ1) is 17.9. The standard InChI is InChI=1S/C22H32N2O2/c1-25-20-13-19(17-7-9-23-10-8-17)14-21(15-20)26-16-18-5-4-12-24-11-3-2-6-22(18)24/h7,13-15,18,22-23H,2-6,8-12,16H2,1H3/t18-,22+/m0/s1. The van der Waals surface area contributed by atoms with Gasteiger partial charge in [0, 0.05) is 24.6 Å². The maximum atomic E-state index is 6.32. The minimum absolute atomic E-state index is 0.664. The largest absolute Gasteiger partial charge is 0.497 e. The van der Waals surface area contributed by atoms with Gasteiger partial charge in [-0.05, 0) is 75.0 Å². The van der Waals surface area contributed by atoms with Gasteiger partial charge in [0.1, 0.15) is 11.5 Å². The zero-order chi connectivity index (χ0) is 17.8. The highest BCUT2D eigenvalue weighted by Gasteiger charge is 2.33. The molecule has 3 heterocycles. The van der Waals surface area contributed by atoms with Crippen LogP contribution in [-0.2, 0) is 0 Å². The molecule has 0 saturated carbocycles. The van der Waals surface area contributed by atoms with E-state index < -0.39 is 0 Å². The van der Waals surface area contributed by atoms with Gasteiger partial charge >= 0.3 is 0 Å². The van der Waals surface area contributed by atoms with Crippen molar-refractivity contribution >= 4 is 5.57 Å². The zero-order valence-electron chi connectivity index (χ0n) is 16.0. The molecule has 4 nitrogen and oxygen atoms in total. The van der Waals surface area contributed by atoms with Crippen LogP contribution in [0.3, 0.4) is 0 Å². The monoisotopic (exact) mass is 356 g/mol. The molecule has 4 heteroatoms. The molecular weight excluding hydrogens is 324 g/mol. The normalized spacial score (nSPS) is 26.7. The SMILES string of the molecule is COc1cc(OC[C@@H]2CCCN3CCCC[C@H]23)cc(C2=CCNCC2)c1. The molecule has 1 N–H and O–H groups in total. The number of methoxy groups -OCH3 is 1. The van der Waals surface area contributed by atoms with Crippen LogP contribution >= 0.6 is 0 Å². The van der Waals surface area contributed by atoms with Gasteiger partial charge in [-0.1, -0.05) is 12.5 Å². The lowest BCUT2D eigenvalue weighted by Crippen LogP contribution is -2.49. The number of benzene rings is 1. The van der Waals surface area contributed by atoms with Gasteiger partial charge in [0.15, 0.2) is 0 Å². The number of hydrogen-bond acceptors (Lipinski definition) is 4. The van der Waals surface area contributed by atoms with E-state index >= 15 is 0 Å². The van der Waals surface area contributed by atoms with Crippen molar-refractivity contribution in [3.8, 4) is 11.5 Å². The fourth-order valence-corrected chi connectivity index (χ4v) is 4.82. The Morgan fingerprint density at radius 3 is 2.81 bits per heavy atom. The Morgan fingerprint density at radius 1 is 1.08 bits per heavy atom. The molecule has 1 aromatic rings. The van der Waals surface area contributed by atoms with E-state index in [1.165, 1.54) is 56.3 Å². The Labute approximate surface area is 157 Å². The molecule has 26 heavy (non-hydrogen) atoms. The minimum Gasteiger partial charge on any atom is -0.497 e. The van der Waals surface area contributed by atoms with Crippen LogP contribution < -0.4 is 14.8 Å². The predicted octanol–water partition coefficient (Wildman–Crippen LogP) is 3.72. The summed E-state index contributed by atoms with van der Waals surface area (Å²) in [6, 6.07) is 7.09. The van der Waals surface area contributed by atoms with E-state index in [2.05, 4.69) is 28.4 Å². The van der Waals surface area contributed by atoms with Crippen LogP contribution in [0.25, 0.3) is 5.57 Å². The van der Waals surface area contributed by atoms with Crippen molar-refractivity contribution in [1.82, 2.24) is 10.2 Å². The first-order chi connectivity index (χ1) is 12.8. The van der Waals surface area contributed by atoms with E-state index in [0.29, 0.717) is 5.92 Å². The smallest absolute Gasteiger partial charge is 0.123 e. The molecule has 1 aromatic carbocycles. The summed E-state index contributed by atoms with van der Waals surface area (Å²) < 4.78 is 11.9. The molecule has 4 rings (SSSR count). The zero-order valence-corrected chi connectivity index (χ0v) is 16.0. The summed E-state index contributed by atoms with van der Waals surface area (Å²) in [6.45, 7) is 5.38. The summed E-state index contributed by atoms with van der Waals surface area (Å²) in [7, 11) is 1.74. The van der Waals surface area contributed by atoms with Crippen molar-refractivity contribution in [2.24, 2.45) is 5.92 Å². The molecule has 3 aliphatic heterocycles. The van der Waals surface area contributed by atoms with Crippen molar-refractivity contribution in [2.75, 3.05) is 39.9 Å². The number of nitrogens with one attached hydrogen (secondary N) is 1. The summed E-state index contributed by atoms with van der Waals surface area (Å²) in [5.74, 6) is 2.50. The maximum Gasteiger partial charge on any atom is 0.123 e. The highest BCUT2D eigenvalue weighted by molar-refractivity contribution is 5.69. The molecule has 142 valence electrons. The molecule has 0 aliphatic carbocycles. The first-order valence-corrected chi connectivity index (χ1v) is 10.3. The third-order valence-electron chi connectivity index (χ3n) is 6.24. The molecule has 2 saturated heterocycles. The van der Waals surface area contributed by atoms with Crippen molar-refractivity contribution in [2.45, 2.75) is 44.6 Å². The van der Waals surface area contributed by atoms with Crippen LogP contribution in [0, 0.1) is 5.92 Å². The van der Waals surface area contributed by atoms with Gasteiger partial charge in [0.2, 0.25) is 0 Å². The molecule has 3 aliphatic rings. The predicted molar refractivity (Wildman–Crippen MR) is 106 cm³/mol. The Balaban J connectivity index is 1.46. The summed E-state index contributed by atoms with van der Waals surface area (Å²) in [4.78, 5) is 2.71. The number of ether oxygens (including phenoxy) is 2. The molecule has 0 bridgehead atoms. The average molecular weight is 357 g/mol. The quantitative estimate of drug-likeness (QED) is 0.872. The van der Waals surface area contributed by atoms with Gasteiger partial charge in [-0.3, -0.25) is 4.90 Å². The molecule has 2 fully saturated rings. The number of hydrogen-bond donors (Lipinski definition) is 1. The number of fused-ring (bicyclic) bond motifs is 1. The van der Waals surface area contributed by atoms with Gasteiger partial charge in [0.05, 0.1) is 13.7 Å². The van der Waals surface area contributed by atoms with Gasteiger partial charge in [0.25, 0.3) is 0 Å². The molecular formula is C22H32N2O2. The third-order valence-corrected chi connectivity index (χ3v) is 6.24. The number of piperidine rings is 2. The molecule has 0 amide bonds. The fraction of sp³-hybridized carbons (Fsp3) is 0.636. The van der Waals surface area contributed by atoms with E-state index in [1.807, 2.05) is 6.07 Å². The lowest BCUT2D eigenvalue weighted by molar-refractivity contribution is 0.0365. The number of nitrogens with zero attached hydrogens (tertiary/aromatic N) is 1. The first-order valence-electron chi connectivity index (χ1n) is 10.3. The average Bonchev–Trinajstić information content (AvgIpc) is 2.72. The molecule has 0 unspecified atom stereocenters. The van der Waals surface area contributed by atoms with Gasteiger partial charge in [-0.15, -0.1) is 0 Å². The molecule has 0 spiro atoms. The van der Waals surface area contributed by atoms with E-state index in [-0.39, 0.29) is 0 Å². The van der Waals surface area contributed by atoms with Crippen molar-refractivity contribution in [1.29, 1.82) is 0 Å². The minimum atomic E-state index is 0.664. The molecule has 0 aromatic heterocycles. The Morgan fingerprint density at radius 2 is 1.96 bits per heavy atom. The fourth-order valence-electron chi connectivity index (χ4n) is 4.82. The van der Waals surface area contributed by atoms with E-state index in [1.54, 1.807) is 7.11 Å².